The van der Waals surface area contributed by atoms with Gasteiger partial charge in [-0.15, -0.1) is 11.3 Å². The zero-order valence-electron chi connectivity index (χ0n) is 20.1. The summed E-state index contributed by atoms with van der Waals surface area (Å²) in [6.07, 6.45) is 1.67. The van der Waals surface area contributed by atoms with Gasteiger partial charge in [-0.3, -0.25) is 9.10 Å². The van der Waals surface area contributed by atoms with E-state index in [1.807, 2.05) is 19.2 Å². The molecule has 3 aromatic rings. The van der Waals surface area contributed by atoms with Gasteiger partial charge in [-0.05, 0) is 42.0 Å². The number of sulfonamides is 1. The largest absolute Gasteiger partial charge is 0.505 e. The Hall–Kier alpha value is -3.16. The maximum Gasteiger partial charge on any atom is 0.279 e. The third-order valence-electron chi connectivity index (χ3n) is 5.75. The second-order valence-corrected chi connectivity index (χ2v) is 13.6. The van der Waals surface area contributed by atoms with Gasteiger partial charge in [0.1, 0.15) is 11.3 Å². The van der Waals surface area contributed by atoms with E-state index in [1.54, 1.807) is 12.1 Å². The Morgan fingerprint density at radius 3 is 2.58 bits per heavy atom. The molecule has 36 heavy (non-hydrogen) atoms. The quantitative estimate of drug-likeness (QED) is 0.457. The highest BCUT2D eigenvalue weighted by Gasteiger charge is 2.30. The van der Waals surface area contributed by atoms with Crippen LogP contribution in [0.25, 0.3) is 16.3 Å². The molecule has 3 heterocycles. The van der Waals surface area contributed by atoms with Crippen LogP contribution in [0, 0.1) is 5.92 Å². The number of fused-ring (bicyclic) bond motifs is 1. The standard InChI is InChI=1S/C23H26N4O6S3/c1-14(2)9-10-27-23(29)20(22(28)21(25-27)18-6-5-11-34-18)17-13-36(32,33)19-12-15(7-8-16(19)24-17)26(3)35(4,30)31/h5-8,11-14,24,28H,9-10H2,1-4H3. The summed E-state index contributed by atoms with van der Waals surface area (Å²) in [5.41, 5.74) is -0.420. The maximum absolute atomic E-state index is 13.4. The highest BCUT2D eigenvalue weighted by molar-refractivity contribution is 7.94. The van der Waals surface area contributed by atoms with Gasteiger partial charge in [0.15, 0.2) is 5.75 Å². The molecule has 1 aliphatic rings. The minimum atomic E-state index is -4.10. The molecule has 0 atom stereocenters. The van der Waals surface area contributed by atoms with E-state index in [0.717, 1.165) is 16.0 Å². The normalized spacial score (nSPS) is 14.8. The highest BCUT2D eigenvalue weighted by Crippen LogP contribution is 2.39. The lowest BCUT2D eigenvalue weighted by molar-refractivity contribution is 0.443. The zero-order chi connectivity index (χ0) is 26.4. The number of hydrogen-bond donors (Lipinski definition) is 2. The minimum absolute atomic E-state index is 0.0901. The van der Waals surface area contributed by atoms with E-state index in [0.29, 0.717) is 23.8 Å². The van der Waals surface area contributed by atoms with E-state index >= 15 is 0 Å². The average molecular weight is 551 g/mol. The molecule has 0 saturated carbocycles. The van der Waals surface area contributed by atoms with Gasteiger partial charge in [-0.25, -0.2) is 21.5 Å². The number of nitrogens with zero attached hydrogens (tertiary/aromatic N) is 3. The van der Waals surface area contributed by atoms with E-state index in [2.05, 4.69) is 10.4 Å². The number of thiophene rings is 1. The molecule has 10 nitrogen and oxygen atoms in total. The van der Waals surface area contributed by atoms with Crippen molar-refractivity contribution in [2.24, 2.45) is 5.92 Å². The van der Waals surface area contributed by atoms with Crippen LogP contribution in [0.5, 0.6) is 5.75 Å². The Morgan fingerprint density at radius 2 is 1.97 bits per heavy atom. The first-order valence-corrected chi connectivity index (χ1v) is 15.3. The number of nitrogens with one attached hydrogen (secondary N) is 1. The number of sulfone groups is 1. The first kappa shape index (κ1) is 25.9. The molecule has 2 N–H and O–H groups in total. The molecule has 2 aromatic heterocycles. The van der Waals surface area contributed by atoms with Crippen molar-refractivity contribution in [1.82, 2.24) is 9.78 Å². The third-order valence-corrected chi connectivity index (χ3v) is 9.33. The zero-order valence-corrected chi connectivity index (χ0v) is 22.5. The topological polar surface area (TPSA) is 139 Å². The molecular formula is C23H26N4O6S3. The van der Waals surface area contributed by atoms with Crippen molar-refractivity contribution in [1.29, 1.82) is 0 Å². The van der Waals surface area contributed by atoms with Crippen LogP contribution in [0.3, 0.4) is 0 Å². The molecule has 0 unspecified atom stereocenters. The molecular weight excluding hydrogens is 524 g/mol. The van der Waals surface area contributed by atoms with Crippen LogP contribution >= 0.6 is 11.3 Å². The molecule has 0 spiro atoms. The summed E-state index contributed by atoms with van der Waals surface area (Å²) >= 11 is 1.33. The van der Waals surface area contributed by atoms with Crippen LogP contribution in [0.2, 0.25) is 0 Å². The maximum atomic E-state index is 13.4. The average Bonchev–Trinajstić information content (AvgIpc) is 3.31. The van der Waals surface area contributed by atoms with Gasteiger partial charge in [-0.2, -0.15) is 5.10 Å². The van der Waals surface area contributed by atoms with Crippen molar-refractivity contribution < 1.29 is 21.9 Å². The fourth-order valence-corrected chi connectivity index (χ4v) is 6.20. The molecule has 1 aliphatic heterocycles. The minimum Gasteiger partial charge on any atom is -0.505 e. The van der Waals surface area contributed by atoms with Crippen molar-refractivity contribution in [2.45, 2.75) is 31.7 Å². The Bertz CT molecular complexity index is 1620. The van der Waals surface area contributed by atoms with Gasteiger partial charge in [0.2, 0.25) is 19.9 Å². The monoisotopic (exact) mass is 550 g/mol. The Kier molecular flexibility index (Phi) is 6.75. The summed E-state index contributed by atoms with van der Waals surface area (Å²) in [5.74, 6) is -0.131. The summed E-state index contributed by atoms with van der Waals surface area (Å²) < 4.78 is 52.5. The second-order valence-electron chi connectivity index (χ2n) is 8.87. The molecule has 1 aromatic carbocycles. The van der Waals surface area contributed by atoms with Crippen molar-refractivity contribution in [3.05, 3.63) is 57.0 Å². The lowest BCUT2D eigenvalue weighted by Gasteiger charge is -2.23. The van der Waals surface area contributed by atoms with Crippen LogP contribution in [0.4, 0.5) is 11.4 Å². The smallest absolute Gasteiger partial charge is 0.279 e. The Balaban J connectivity index is 1.88. The summed E-state index contributed by atoms with van der Waals surface area (Å²) in [5, 5.41) is 21.1. The van der Waals surface area contributed by atoms with E-state index in [9.17, 15) is 26.7 Å². The van der Waals surface area contributed by atoms with E-state index in [1.165, 1.54) is 41.3 Å². The molecule has 4 rings (SSSR count). The fourth-order valence-electron chi connectivity index (χ4n) is 3.67. The summed E-state index contributed by atoms with van der Waals surface area (Å²) in [6.45, 7) is 4.31. The highest BCUT2D eigenvalue weighted by atomic mass is 32.2. The summed E-state index contributed by atoms with van der Waals surface area (Å²) in [7, 11) is -6.39. The number of anilines is 2. The van der Waals surface area contributed by atoms with Gasteiger partial charge < -0.3 is 10.4 Å². The third kappa shape index (κ3) is 4.90. The predicted molar refractivity (Wildman–Crippen MR) is 141 cm³/mol. The van der Waals surface area contributed by atoms with E-state index in [-0.39, 0.29) is 33.2 Å². The van der Waals surface area contributed by atoms with Crippen LogP contribution < -0.4 is 15.2 Å². The summed E-state index contributed by atoms with van der Waals surface area (Å²) in [4.78, 5) is 13.9. The van der Waals surface area contributed by atoms with E-state index < -0.39 is 31.2 Å². The van der Waals surface area contributed by atoms with Crippen LogP contribution in [0.15, 0.2) is 50.8 Å². The Labute approximate surface area is 213 Å². The Morgan fingerprint density at radius 1 is 1.25 bits per heavy atom. The number of aromatic nitrogens is 2. The van der Waals surface area contributed by atoms with Crippen molar-refractivity contribution in [3.8, 4) is 16.3 Å². The lowest BCUT2D eigenvalue weighted by atomic mass is 10.1. The van der Waals surface area contributed by atoms with Crippen LogP contribution in [-0.2, 0) is 26.4 Å². The molecule has 0 bridgehead atoms. The van der Waals surface area contributed by atoms with Gasteiger partial charge in [0.25, 0.3) is 5.56 Å². The first-order valence-electron chi connectivity index (χ1n) is 11.0. The second kappa shape index (κ2) is 9.37. The SMILES string of the molecule is CC(C)CCn1nc(-c2cccs2)c(O)c(C2=CS(=O)(=O)c3cc(N(C)S(C)(=O)=O)ccc3N2)c1=O. The molecule has 0 fully saturated rings. The van der Waals surface area contributed by atoms with Crippen molar-refractivity contribution in [2.75, 3.05) is 22.9 Å². The molecule has 0 amide bonds. The fraction of sp³-hybridized carbons (Fsp3) is 0.304. The first-order chi connectivity index (χ1) is 16.8. The number of aryl methyl sites for hydroxylation is 1. The number of rotatable bonds is 7. The molecule has 13 heteroatoms. The van der Waals surface area contributed by atoms with E-state index in [4.69, 9.17) is 0 Å². The molecule has 192 valence electrons. The van der Waals surface area contributed by atoms with Gasteiger partial charge >= 0.3 is 0 Å². The molecule has 0 saturated heterocycles. The van der Waals surface area contributed by atoms with Crippen LogP contribution in [0.1, 0.15) is 25.8 Å². The van der Waals surface area contributed by atoms with Gasteiger partial charge in [0.05, 0.1) is 38.5 Å². The van der Waals surface area contributed by atoms with Gasteiger partial charge in [-0.1, -0.05) is 19.9 Å². The van der Waals surface area contributed by atoms with Gasteiger partial charge in [0, 0.05) is 13.6 Å². The summed E-state index contributed by atoms with van der Waals surface area (Å²) in [6, 6.07) is 7.66. The predicted octanol–water partition coefficient (Wildman–Crippen LogP) is 3.32. The van der Waals surface area contributed by atoms with Crippen molar-refractivity contribution >= 4 is 48.3 Å². The molecule has 0 radical (unpaired) electrons. The van der Waals surface area contributed by atoms with Crippen LogP contribution in [-0.4, -0.2) is 45.0 Å². The number of benzene rings is 1. The van der Waals surface area contributed by atoms with Crippen molar-refractivity contribution in [3.63, 3.8) is 0 Å². The number of aromatic hydroxyl groups is 1. The molecule has 0 aliphatic carbocycles. The lowest BCUT2D eigenvalue weighted by Crippen LogP contribution is -2.29. The number of hydrogen-bond acceptors (Lipinski definition) is 9.